The summed E-state index contributed by atoms with van der Waals surface area (Å²) in [4.78, 5) is 36.2. The molecule has 0 radical (unpaired) electrons. The third-order valence-corrected chi connectivity index (χ3v) is 3.44. The molecule has 1 aliphatic rings. The molecule has 0 spiro atoms. The van der Waals surface area contributed by atoms with Gasteiger partial charge in [0.2, 0.25) is 5.75 Å². The molecule has 2 rings (SSSR count). The second-order valence-corrected chi connectivity index (χ2v) is 6.94. The monoisotopic (exact) mass is 380 g/mol. The fourth-order valence-electron chi connectivity index (χ4n) is 2.26. The molecule has 0 saturated carbocycles. The number of esters is 1. The summed E-state index contributed by atoms with van der Waals surface area (Å²) in [5.74, 6) is -0.418. The highest BCUT2D eigenvalue weighted by molar-refractivity contribution is 5.99. The first-order valence-electron chi connectivity index (χ1n) is 8.42. The van der Waals surface area contributed by atoms with Gasteiger partial charge in [-0.3, -0.25) is 10.1 Å². The van der Waals surface area contributed by atoms with Crippen molar-refractivity contribution in [3.8, 4) is 17.2 Å². The topological polar surface area (TPSA) is 112 Å². The standard InChI is InChI=1S/C18H24N2O7/c1-10(15(21)19-17(23)20-18(2,3)4)27-16(22)11-8-12(24-5)14-13(9-11)25-6-7-26-14/h8-10H,6-7H2,1-5H3,(H2,19,20,21,23)/t10-/m0/s1. The van der Waals surface area contributed by atoms with Crippen LogP contribution in [0.4, 0.5) is 4.79 Å². The van der Waals surface area contributed by atoms with Crippen LogP contribution in [0.2, 0.25) is 0 Å². The number of ether oxygens (including phenoxy) is 4. The molecular formula is C18H24N2O7. The number of carbonyl (C=O) groups excluding carboxylic acids is 3. The Labute approximate surface area is 157 Å². The molecule has 1 atom stereocenters. The summed E-state index contributed by atoms with van der Waals surface area (Å²) in [6.45, 7) is 7.41. The lowest BCUT2D eigenvalue weighted by Crippen LogP contribution is -2.50. The molecule has 2 N–H and O–H groups in total. The van der Waals surface area contributed by atoms with Crippen LogP contribution >= 0.6 is 0 Å². The first-order chi connectivity index (χ1) is 12.6. The van der Waals surface area contributed by atoms with Crippen LogP contribution in [0.25, 0.3) is 0 Å². The Morgan fingerprint density at radius 3 is 2.44 bits per heavy atom. The molecule has 0 aromatic heterocycles. The number of hydrogen-bond donors (Lipinski definition) is 2. The third kappa shape index (κ3) is 5.50. The van der Waals surface area contributed by atoms with Crippen LogP contribution < -0.4 is 24.8 Å². The van der Waals surface area contributed by atoms with E-state index in [2.05, 4.69) is 10.6 Å². The number of amides is 3. The smallest absolute Gasteiger partial charge is 0.339 e. The molecule has 0 aliphatic carbocycles. The predicted molar refractivity (Wildman–Crippen MR) is 95.3 cm³/mol. The van der Waals surface area contributed by atoms with Crippen LogP contribution in [0.3, 0.4) is 0 Å². The molecular weight excluding hydrogens is 356 g/mol. The molecule has 0 fully saturated rings. The van der Waals surface area contributed by atoms with Gasteiger partial charge < -0.3 is 24.3 Å². The number of carbonyl (C=O) groups is 3. The number of nitrogens with one attached hydrogen (secondary N) is 2. The van der Waals surface area contributed by atoms with Gasteiger partial charge in [0.05, 0.1) is 12.7 Å². The van der Waals surface area contributed by atoms with E-state index in [-0.39, 0.29) is 5.56 Å². The van der Waals surface area contributed by atoms with Gasteiger partial charge in [0.25, 0.3) is 5.91 Å². The number of urea groups is 1. The van der Waals surface area contributed by atoms with Crippen molar-refractivity contribution in [3.63, 3.8) is 0 Å². The number of benzene rings is 1. The molecule has 148 valence electrons. The predicted octanol–water partition coefficient (Wildman–Crippen LogP) is 1.64. The molecule has 1 aliphatic heterocycles. The highest BCUT2D eigenvalue weighted by atomic mass is 16.6. The van der Waals surface area contributed by atoms with E-state index in [9.17, 15) is 14.4 Å². The summed E-state index contributed by atoms with van der Waals surface area (Å²) in [7, 11) is 1.44. The van der Waals surface area contributed by atoms with Gasteiger partial charge in [-0.25, -0.2) is 9.59 Å². The molecule has 0 bridgehead atoms. The summed E-state index contributed by atoms with van der Waals surface area (Å²) in [5, 5.41) is 4.71. The zero-order chi connectivity index (χ0) is 20.2. The van der Waals surface area contributed by atoms with Crippen molar-refractivity contribution < 1.29 is 33.3 Å². The van der Waals surface area contributed by atoms with Crippen LogP contribution in [0.1, 0.15) is 38.1 Å². The molecule has 0 unspecified atom stereocenters. The van der Waals surface area contributed by atoms with E-state index in [1.54, 1.807) is 20.8 Å². The van der Waals surface area contributed by atoms with Crippen LogP contribution in [0.15, 0.2) is 12.1 Å². The molecule has 0 saturated heterocycles. The molecule has 1 aromatic carbocycles. The SMILES string of the molecule is COc1cc(C(=O)O[C@@H](C)C(=O)NC(=O)NC(C)(C)C)cc2c1OCCO2. The van der Waals surface area contributed by atoms with Gasteiger partial charge in [-0.2, -0.15) is 0 Å². The highest BCUT2D eigenvalue weighted by Crippen LogP contribution is 2.40. The molecule has 9 heteroatoms. The van der Waals surface area contributed by atoms with Crippen molar-refractivity contribution in [2.24, 2.45) is 0 Å². The van der Waals surface area contributed by atoms with Crippen molar-refractivity contribution in [3.05, 3.63) is 17.7 Å². The summed E-state index contributed by atoms with van der Waals surface area (Å²) < 4.78 is 21.3. The molecule has 1 aromatic rings. The molecule has 27 heavy (non-hydrogen) atoms. The van der Waals surface area contributed by atoms with Crippen LogP contribution in [0, 0.1) is 0 Å². The Balaban J connectivity index is 2.04. The fraction of sp³-hybridized carbons (Fsp3) is 0.500. The second kappa shape index (κ2) is 8.15. The van der Waals surface area contributed by atoms with E-state index >= 15 is 0 Å². The van der Waals surface area contributed by atoms with E-state index in [0.717, 1.165) is 0 Å². The van der Waals surface area contributed by atoms with E-state index in [1.807, 2.05) is 0 Å². The van der Waals surface area contributed by atoms with Gasteiger partial charge in [-0.05, 0) is 39.8 Å². The Morgan fingerprint density at radius 2 is 1.81 bits per heavy atom. The summed E-state index contributed by atoms with van der Waals surface area (Å²) in [6, 6.07) is 2.22. The van der Waals surface area contributed by atoms with Gasteiger partial charge in [0.15, 0.2) is 17.6 Å². The van der Waals surface area contributed by atoms with Gasteiger partial charge in [0.1, 0.15) is 13.2 Å². The summed E-state index contributed by atoms with van der Waals surface area (Å²) in [5.41, 5.74) is -0.374. The first kappa shape index (κ1) is 20.3. The zero-order valence-electron chi connectivity index (χ0n) is 16.0. The quantitative estimate of drug-likeness (QED) is 0.764. The maximum Gasteiger partial charge on any atom is 0.339 e. The molecule has 3 amide bonds. The molecule has 9 nitrogen and oxygen atoms in total. The third-order valence-electron chi connectivity index (χ3n) is 3.44. The lowest BCUT2D eigenvalue weighted by molar-refractivity contribution is -0.127. The summed E-state index contributed by atoms with van der Waals surface area (Å²) >= 11 is 0. The van der Waals surface area contributed by atoms with E-state index in [1.165, 1.54) is 26.2 Å². The van der Waals surface area contributed by atoms with E-state index in [4.69, 9.17) is 18.9 Å². The zero-order valence-corrected chi connectivity index (χ0v) is 16.0. The molecule has 1 heterocycles. The van der Waals surface area contributed by atoms with Crippen molar-refractivity contribution in [2.45, 2.75) is 39.3 Å². The van der Waals surface area contributed by atoms with E-state index in [0.29, 0.717) is 30.5 Å². The maximum atomic E-state index is 12.4. The van der Waals surface area contributed by atoms with Crippen molar-refractivity contribution in [1.29, 1.82) is 0 Å². The number of fused-ring (bicyclic) bond motifs is 1. The number of hydrogen-bond acceptors (Lipinski definition) is 7. The van der Waals surface area contributed by atoms with Crippen LogP contribution in [0.5, 0.6) is 17.2 Å². The van der Waals surface area contributed by atoms with Crippen LogP contribution in [-0.2, 0) is 9.53 Å². The van der Waals surface area contributed by atoms with E-state index < -0.39 is 29.6 Å². The lowest BCUT2D eigenvalue weighted by Gasteiger charge is -2.22. The minimum absolute atomic E-state index is 0.134. The Morgan fingerprint density at radius 1 is 1.15 bits per heavy atom. The number of imide groups is 1. The average Bonchev–Trinajstić information content (AvgIpc) is 2.58. The largest absolute Gasteiger partial charge is 0.493 e. The number of methoxy groups -OCH3 is 1. The number of rotatable bonds is 4. The minimum atomic E-state index is -1.18. The van der Waals surface area contributed by atoms with Crippen molar-refractivity contribution >= 4 is 17.9 Å². The second-order valence-electron chi connectivity index (χ2n) is 6.94. The maximum absolute atomic E-state index is 12.4. The van der Waals surface area contributed by atoms with Gasteiger partial charge in [-0.15, -0.1) is 0 Å². The van der Waals surface area contributed by atoms with Crippen LogP contribution in [-0.4, -0.2) is 49.9 Å². The average molecular weight is 380 g/mol. The van der Waals surface area contributed by atoms with Crippen molar-refractivity contribution in [1.82, 2.24) is 10.6 Å². The van der Waals surface area contributed by atoms with Gasteiger partial charge >= 0.3 is 12.0 Å². The highest BCUT2D eigenvalue weighted by Gasteiger charge is 2.25. The Bertz CT molecular complexity index is 723. The van der Waals surface area contributed by atoms with Gasteiger partial charge in [-0.1, -0.05) is 0 Å². The fourth-order valence-corrected chi connectivity index (χ4v) is 2.26. The minimum Gasteiger partial charge on any atom is -0.493 e. The van der Waals surface area contributed by atoms with Gasteiger partial charge in [0, 0.05) is 5.54 Å². The lowest BCUT2D eigenvalue weighted by atomic mass is 10.1. The normalized spacial score (nSPS) is 14.0. The summed E-state index contributed by atoms with van der Waals surface area (Å²) in [6.07, 6.45) is -1.18. The first-order valence-corrected chi connectivity index (χ1v) is 8.42. The Kier molecular flexibility index (Phi) is 6.14. The van der Waals surface area contributed by atoms with Crippen molar-refractivity contribution in [2.75, 3.05) is 20.3 Å². The Hall–Kier alpha value is -2.97.